The number of allylic oxidation sites excluding steroid dienone is 3. The number of aliphatic hydroxyl groups is 3. The smallest absolute Gasteiger partial charge is 0.199 e. The molecule has 0 spiro atoms. The van der Waals surface area contributed by atoms with Gasteiger partial charge in [0, 0.05) is 0 Å². The van der Waals surface area contributed by atoms with Crippen LogP contribution in [0.1, 0.15) is 13.8 Å². The van der Waals surface area contributed by atoms with Crippen molar-refractivity contribution >= 4 is 0 Å². The first-order valence-corrected chi connectivity index (χ1v) is 3.24. The Morgan fingerprint density at radius 3 is 2.00 bits per heavy atom. The van der Waals surface area contributed by atoms with Crippen LogP contribution in [0.15, 0.2) is 35.5 Å². The van der Waals surface area contributed by atoms with Gasteiger partial charge in [0.05, 0.1) is 0 Å². The van der Waals surface area contributed by atoms with E-state index < -0.39 is 5.76 Å². The lowest BCUT2D eigenvalue weighted by Gasteiger charge is -1.98. The third-order valence-corrected chi connectivity index (χ3v) is 1.08. The standard InChI is InChI=1S/C8H12O3/c1-3-5-7(10)8(11)6(9)4-2/h3-5,9-11H,1-2H3/b5-3-,6-4+,8-7-. The first-order valence-electron chi connectivity index (χ1n) is 3.24. The minimum absolute atomic E-state index is 0.333. The summed E-state index contributed by atoms with van der Waals surface area (Å²) in [5.41, 5.74) is 0. The summed E-state index contributed by atoms with van der Waals surface area (Å²) >= 11 is 0. The minimum atomic E-state index is -0.509. The van der Waals surface area contributed by atoms with Gasteiger partial charge in [0.25, 0.3) is 0 Å². The molecule has 0 amide bonds. The third-order valence-electron chi connectivity index (χ3n) is 1.08. The van der Waals surface area contributed by atoms with Gasteiger partial charge in [0.2, 0.25) is 0 Å². The van der Waals surface area contributed by atoms with Crippen LogP contribution in [-0.2, 0) is 0 Å². The van der Waals surface area contributed by atoms with E-state index in [2.05, 4.69) is 0 Å². The van der Waals surface area contributed by atoms with Gasteiger partial charge < -0.3 is 15.3 Å². The molecule has 0 aromatic carbocycles. The molecule has 3 N–H and O–H groups in total. The Kier molecular flexibility index (Phi) is 3.88. The maximum atomic E-state index is 8.98. The van der Waals surface area contributed by atoms with Gasteiger partial charge in [-0.2, -0.15) is 0 Å². The van der Waals surface area contributed by atoms with Crippen LogP contribution in [0.4, 0.5) is 0 Å². The third kappa shape index (κ3) is 2.80. The SMILES string of the molecule is C\C=C/C(O)=C(O)\C(O)=C/C. The molecule has 0 atom stereocenters. The average molecular weight is 156 g/mol. The van der Waals surface area contributed by atoms with Crippen molar-refractivity contribution in [3.8, 4) is 0 Å². The zero-order chi connectivity index (χ0) is 8.85. The van der Waals surface area contributed by atoms with Crippen LogP contribution >= 0.6 is 0 Å². The average Bonchev–Trinajstić information content (AvgIpc) is 2.02. The van der Waals surface area contributed by atoms with E-state index in [1.807, 2.05) is 0 Å². The molecule has 0 bridgehead atoms. The van der Waals surface area contributed by atoms with Gasteiger partial charge in [-0.05, 0) is 26.0 Å². The zero-order valence-corrected chi connectivity index (χ0v) is 6.57. The molecule has 0 saturated carbocycles. The maximum absolute atomic E-state index is 8.98. The van der Waals surface area contributed by atoms with Crippen molar-refractivity contribution in [2.45, 2.75) is 13.8 Å². The highest BCUT2D eigenvalue weighted by molar-refractivity contribution is 5.25. The van der Waals surface area contributed by atoms with Crippen molar-refractivity contribution in [1.29, 1.82) is 0 Å². The Hall–Kier alpha value is -1.38. The molecule has 0 unspecified atom stereocenters. The summed E-state index contributed by atoms with van der Waals surface area (Å²) in [5.74, 6) is -1.19. The normalized spacial score (nSPS) is 15.3. The van der Waals surface area contributed by atoms with Crippen LogP contribution in [0.25, 0.3) is 0 Å². The Morgan fingerprint density at radius 2 is 1.64 bits per heavy atom. The van der Waals surface area contributed by atoms with E-state index in [4.69, 9.17) is 15.3 Å². The minimum Gasteiger partial charge on any atom is -0.504 e. The lowest BCUT2D eigenvalue weighted by Crippen LogP contribution is -1.91. The molecule has 3 nitrogen and oxygen atoms in total. The van der Waals surface area contributed by atoms with E-state index in [1.54, 1.807) is 19.9 Å². The topological polar surface area (TPSA) is 60.7 Å². The summed E-state index contributed by atoms with van der Waals surface area (Å²) in [7, 11) is 0. The molecule has 0 heterocycles. The Morgan fingerprint density at radius 1 is 1.09 bits per heavy atom. The molecule has 11 heavy (non-hydrogen) atoms. The molecule has 3 heteroatoms. The Labute approximate surface area is 65.6 Å². The summed E-state index contributed by atoms with van der Waals surface area (Å²) in [5, 5.41) is 26.8. The highest BCUT2D eigenvalue weighted by Crippen LogP contribution is 2.07. The van der Waals surface area contributed by atoms with Crippen LogP contribution < -0.4 is 0 Å². The summed E-state index contributed by atoms with van der Waals surface area (Å²) in [6.07, 6.45) is 4.12. The van der Waals surface area contributed by atoms with Gasteiger partial charge in [-0.1, -0.05) is 6.08 Å². The second kappa shape index (κ2) is 4.44. The molecule has 62 valence electrons. The quantitative estimate of drug-likeness (QED) is 0.425. The lowest BCUT2D eigenvalue weighted by atomic mass is 10.3. The van der Waals surface area contributed by atoms with Gasteiger partial charge in [0.15, 0.2) is 17.3 Å². The lowest BCUT2D eigenvalue weighted by molar-refractivity contribution is 0.291. The fourth-order valence-electron chi connectivity index (χ4n) is 0.505. The molecule has 0 aliphatic heterocycles. The Bertz CT molecular complexity index is 211. The highest BCUT2D eigenvalue weighted by Gasteiger charge is 2.03. The summed E-state index contributed by atoms with van der Waals surface area (Å²) in [6, 6.07) is 0. The van der Waals surface area contributed by atoms with Crippen LogP contribution in [0.5, 0.6) is 0 Å². The van der Waals surface area contributed by atoms with Crippen molar-refractivity contribution < 1.29 is 15.3 Å². The molecule has 0 aromatic heterocycles. The van der Waals surface area contributed by atoms with E-state index in [0.29, 0.717) is 0 Å². The van der Waals surface area contributed by atoms with Crippen molar-refractivity contribution in [3.05, 3.63) is 35.5 Å². The first-order chi connectivity index (χ1) is 5.13. The van der Waals surface area contributed by atoms with Gasteiger partial charge in [-0.15, -0.1) is 0 Å². The predicted molar refractivity (Wildman–Crippen MR) is 43.5 cm³/mol. The van der Waals surface area contributed by atoms with Gasteiger partial charge in [-0.3, -0.25) is 0 Å². The maximum Gasteiger partial charge on any atom is 0.199 e. The van der Waals surface area contributed by atoms with Crippen LogP contribution in [0.2, 0.25) is 0 Å². The summed E-state index contributed by atoms with van der Waals surface area (Å²) in [6.45, 7) is 3.24. The van der Waals surface area contributed by atoms with Crippen LogP contribution in [0.3, 0.4) is 0 Å². The van der Waals surface area contributed by atoms with Gasteiger partial charge in [0.1, 0.15) is 0 Å². The van der Waals surface area contributed by atoms with Gasteiger partial charge >= 0.3 is 0 Å². The largest absolute Gasteiger partial charge is 0.504 e. The van der Waals surface area contributed by atoms with Crippen molar-refractivity contribution in [2.75, 3.05) is 0 Å². The predicted octanol–water partition coefficient (Wildman–Crippen LogP) is 2.35. The van der Waals surface area contributed by atoms with Crippen molar-refractivity contribution in [1.82, 2.24) is 0 Å². The van der Waals surface area contributed by atoms with E-state index in [1.165, 1.54) is 12.2 Å². The molecule has 0 fully saturated rings. The molecule has 0 rings (SSSR count). The van der Waals surface area contributed by atoms with E-state index in [-0.39, 0.29) is 11.5 Å². The molecule has 0 aliphatic rings. The van der Waals surface area contributed by atoms with E-state index >= 15 is 0 Å². The highest BCUT2D eigenvalue weighted by atomic mass is 16.3. The van der Waals surface area contributed by atoms with Crippen molar-refractivity contribution in [3.63, 3.8) is 0 Å². The second-order valence-corrected chi connectivity index (χ2v) is 1.91. The van der Waals surface area contributed by atoms with Crippen LogP contribution in [-0.4, -0.2) is 15.3 Å². The molecular formula is C8H12O3. The molecule has 0 aromatic rings. The van der Waals surface area contributed by atoms with Crippen LogP contribution in [0, 0.1) is 0 Å². The monoisotopic (exact) mass is 156 g/mol. The number of rotatable bonds is 2. The van der Waals surface area contributed by atoms with E-state index in [0.717, 1.165) is 0 Å². The molecule has 0 radical (unpaired) electrons. The fourth-order valence-corrected chi connectivity index (χ4v) is 0.505. The summed E-state index contributed by atoms with van der Waals surface area (Å²) in [4.78, 5) is 0. The zero-order valence-electron chi connectivity index (χ0n) is 6.57. The molecular weight excluding hydrogens is 144 g/mol. The first kappa shape index (κ1) is 9.62. The second-order valence-electron chi connectivity index (χ2n) is 1.91. The van der Waals surface area contributed by atoms with Crippen molar-refractivity contribution in [2.24, 2.45) is 0 Å². The van der Waals surface area contributed by atoms with Gasteiger partial charge in [-0.25, -0.2) is 0 Å². The fraction of sp³-hybridized carbons (Fsp3) is 0.250. The number of hydrogen-bond donors (Lipinski definition) is 3. The molecule has 0 saturated heterocycles. The number of hydrogen-bond acceptors (Lipinski definition) is 3. The Balaban J connectivity index is 4.66. The molecule has 0 aliphatic carbocycles. The van der Waals surface area contributed by atoms with E-state index in [9.17, 15) is 0 Å². The summed E-state index contributed by atoms with van der Waals surface area (Å²) < 4.78 is 0. The number of aliphatic hydroxyl groups excluding tert-OH is 3.